The van der Waals surface area contributed by atoms with Gasteiger partial charge in [0, 0.05) is 40.8 Å². The third-order valence-corrected chi connectivity index (χ3v) is 5.88. The van der Waals surface area contributed by atoms with Crippen molar-refractivity contribution in [1.82, 2.24) is 4.90 Å². The molecule has 0 radical (unpaired) electrons. The number of methoxy groups -OCH3 is 1. The van der Waals surface area contributed by atoms with Gasteiger partial charge in [-0.1, -0.05) is 0 Å². The van der Waals surface area contributed by atoms with Crippen molar-refractivity contribution in [2.45, 2.75) is 6.92 Å². The number of carbonyl (C=O) groups is 1. The summed E-state index contributed by atoms with van der Waals surface area (Å²) in [5, 5.41) is 3.01. The zero-order valence-corrected chi connectivity index (χ0v) is 18.6. The van der Waals surface area contributed by atoms with Crippen molar-refractivity contribution in [3.05, 3.63) is 50.9 Å². The van der Waals surface area contributed by atoms with Crippen LogP contribution in [0.4, 0.5) is 11.4 Å². The number of piperazine rings is 1. The third kappa shape index (κ3) is 5.24. The van der Waals surface area contributed by atoms with Gasteiger partial charge in [-0.05, 0) is 80.7 Å². The van der Waals surface area contributed by atoms with Gasteiger partial charge in [0.25, 0.3) is 0 Å². The van der Waals surface area contributed by atoms with Gasteiger partial charge in [-0.3, -0.25) is 9.69 Å². The zero-order chi connectivity index (χ0) is 19.4. The van der Waals surface area contributed by atoms with Gasteiger partial charge in [0.05, 0.1) is 19.3 Å². The Balaban J connectivity index is 1.52. The Hall–Kier alpha value is -1.57. The fraction of sp³-hybridized carbons (Fsp3) is 0.350. The van der Waals surface area contributed by atoms with E-state index in [-0.39, 0.29) is 5.91 Å². The van der Waals surface area contributed by atoms with Crippen LogP contribution in [-0.2, 0) is 4.79 Å². The second kappa shape index (κ2) is 9.08. The Bertz CT molecular complexity index is 780. The summed E-state index contributed by atoms with van der Waals surface area (Å²) in [6.07, 6.45) is 0. The van der Waals surface area contributed by atoms with Gasteiger partial charge in [0.1, 0.15) is 5.75 Å². The van der Waals surface area contributed by atoms with Crippen LogP contribution in [0.2, 0.25) is 0 Å². The summed E-state index contributed by atoms with van der Waals surface area (Å²) < 4.78 is 6.97. The van der Waals surface area contributed by atoms with Gasteiger partial charge in [0.15, 0.2) is 0 Å². The lowest BCUT2D eigenvalue weighted by Crippen LogP contribution is -2.48. The molecule has 3 rings (SSSR count). The van der Waals surface area contributed by atoms with E-state index in [1.54, 1.807) is 7.11 Å². The Morgan fingerprint density at radius 3 is 2.22 bits per heavy atom. The minimum absolute atomic E-state index is 0.00171. The number of amides is 1. The summed E-state index contributed by atoms with van der Waals surface area (Å²) in [7, 11) is 1.67. The van der Waals surface area contributed by atoms with Crippen LogP contribution in [0.25, 0.3) is 0 Å². The van der Waals surface area contributed by atoms with Gasteiger partial charge in [-0.15, -0.1) is 0 Å². The van der Waals surface area contributed by atoms with E-state index in [9.17, 15) is 4.79 Å². The van der Waals surface area contributed by atoms with Gasteiger partial charge in [-0.2, -0.15) is 0 Å². The molecule has 2 aromatic rings. The summed E-state index contributed by atoms with van der Waals surface area (Å²) >= 11 is 7.04. The van der Waals surface area contributed by atoms with Gasteiger partial charge >= 0.3 is 0 Å². The molecule has 1 amide bonds. The average molecular weight is 497 g/mol. The van der Waals surface area contributed by atoms with E-state index in [0.717, 1.165) is 52.1 Å². The quantitative estimate of drug-likeness (QED) is 0.670. The summed E-state index contributed by atoms with van der Waals surface area (Å²) in [5.74, 6) is 0.862. The molecule has 5 nitrogen and oxygen atoms in total. The Kier molecular flexibility index (Phi) is 6.78. The highest BCUT2D eigenvalue weighted by atomic mass is 79.9. The van der Waals surface area contributed by atoms with Gasteiger partial charge in [-0.25, -0.2) is 0 Å². The normalized spacial score (nSPS) is 14.9. The number of hydrogen-bond donors (Lipinski definition) is 1. The topological polar surface area (TPSA) is 44.8 Å². The fourth-order valence-electron chi connectivity index (χ4n) is 3.16. The van der Waals surface area contributed by atoms with Crippen molar-refractivity contribution in [1.29, 1.82) is 0 Å². The van der Waals surface area contributed by atoms with E-state index in [2.05, 4.69) is 59.1 Å². The molecule has 0 spiro atoms. The minimum Gasteiger partial charge on any atom is -0.497 e. The third-order valence-electron chi connectivity index (χ3n) is 4.63. The van der Waals surface area contributed by atoms with E-state index in [4.69, 9.17) is 4.74 Å². The summed E-state index contributed by atoms with van der Waals surface area (Å²) in [5.41, 5.74) is 3.09. The number of nitrogens with one attached hydrogen (secondary N) is 1. The predicted octanol–water partition coefficient (Wildman–Crippen LogP) is 4.29. The van der Waals surface area contributed by atoms with Crippen LogP contribution in [0.3, 0.4) is 0 Å². The van der Waals surface area contributed by atoms with Crippen molar-refractivity contribution in [2.75, 3.05) is 50.1 Å². The van der Waals surface area contributed by atoms with Crippen LogP contribution in [-0.4, -0.2) is 50.6 Å². The van der Waals surface area contributed by atoms with Crippen molar-refractivity contribution < 1.29 is 9.53 Å². The van der Waals surface area contributed by atoms with Crippen molar-refractivity contribution in [3.8, 4) is 5.75 Å². The molecular formula is C20H23Br2N3O2. The molecule has 2 aromatic carbocycles. The van der Waals surface area contributed by atoms with E-state index < -0.39 is 0 Å². The maximum Gasteiger partial charge on any atom is 0.238 e. The Morgan fingerprint density at radius 1 is 1.07 bits per heavy atom. The number of anilines is 2. The largest absolute Gasteiger partial charge is 0.497 e. The van der Waals surface area contributed by atoms with Crippen LogP contribution in [0.5, 0.6) is 5.75 Å². The molecule has 0 aliphatic carbocycles. The fourth-order valence-corrected chi connectivity index (χ4v) is 4.77. The Morgan fingerprint density at radius 2 is 1.67 bits per heavy atom. The lowest BCUT2D eigenvalue weighted by Gasteiger charge is -2.35. The number of nitrogens with zero attached hydrogens (tertiary/aromatic N) is 2. The van der Waals surface area contributed by atoms with E-state index >= 15 is 0 Å². The van der Waals surface area contributed by atoms with Crippen molar-refractivity contribution in [2.24, 2.45) is 0 Å². The van der Waals surface area contributed by atoms with Crippen LogP contribution < -0.4 is 15.0 Å². The van der Waals surface area contributed by atoms with Crippen molar-refractivity contribution >= 4 is 49.1 Å². The molecule has 7 heteroatoms. The number of benzene rings is 2. The Labute approximate surface area is 176 Å². The smallest absolute Gasteiger partial charge is 0.238 e. The number of carbonyl (C=O) groups excluding carboxylic acids is 1. The lowest BCUT2D eigenvalue weighted by atomic mass is 10.2. The number of halogens is 2. The number of aryl methyl sites for hydroxylation is 1. The maximum absolute atomic E-state index is 12.5. The van der Waals surface area contributed by atoms with Gasteiger partial charge < -0.3 is 15.0 Å². The van der Waals surface area contributed by atoms with E-state index in [1.807, 2.05) is 31.2 Å². The SMILES string of the molecule is COc1ccc(N2CCN(CC(=O)Nc3c(Br)cc(C)cc3Br)CC2)cc1. The first kappa shape index (κ1) is 20.2. The lowest BCUT2D eigenvalue weighted by molar-refractivity contribution is -0.117. The van der Waals surface area contributed by atoms with Crippen LogP contribution in [0, 0.1) is 6.92 Å². The molecule has 1 saturated heterocycles. The number of ether oxygens (including phenoxy) is 1. The standard InChI is InChI=1S/C20H23Br2N3O2/c1-14-11-17(21)20(18(22)12-14)23-19(26)13-24-7-9-25(10-8-24)15-3-5-16(27-2)6-4-15/h3-6,11-12H,7-10,13H2,1-2H3,(H,23,26). The molecule has 1 N–H and O–H groups in total. The first-order chi connectivity index (χ1) is 13.0. The molecule has 1 aliphatic heterocycles. The summed E-state index contributed by atoms with van der Waals surface area (Å²) in [6, 6.07) is 12.1. The summed E-state index contributed by atoms with van der Waals surface area (Å²) in [6.45, 7) is 5.92. The first-order valence-corrected chi connectivity index (χ1v) is 10.4. The average Bonchev–Trinajstić information content (AvgIpc) is 2.65. The molecule has 0 atom stereocenters. The molecule has 0 unspecified atom stereocenters. The second-order valence-electron chi connectivity index (χ2n) is 6.61. The highest BCUT2D eigenvalue weighted by Gasteiger charge is 2.20. The highest BCUT2D eigenvalue weighted by molar-refractivity contribution is 9.11. The molecule has 144 valence electrons. The molecule has 1 fully saturated rings. The van der Waals surface area contributed by atoms with Gasteiger partial charge in [0.2, 0.25) is 5.91 Å². The molecule has 0 bridgehead atoms. The highest BCUT2D eigenvalue weighted by Crippen LogP contribution is 2.32. The number of rotatable bonds is 5. The molecule has 0 aromatic heterocycles. The van der Waals surface area contributed by atoms with E-state index in [1.165, 1.54) is 5.69 Å². The minimum atomic E-state index is -0.00171. The molecule has 1 heterocycles. The summed E-state index contributed by atoms with van der Waals surface area (Å²) in [4.78, 5) is 17.0. The molecule has 0 saturated carbocycles. The zero-order valence-electron chi connectivity index (χ0n) is 15.5. The first-order valence-electron chi connectivity index (χ1n) is 8.83. The van der Waals surface area contributed by atoms with Crippen LogP contribution in [0.15, 0.2) is 45.3 Å². The second-order valence-corrected chi connectivity index (χ2v) is 8.32. The molecule has 27 heavy (non-hydrogen) atoms. The molecular weight excluding hydrogens is 474 g/mol. The predicted molar refractivity (Wildman–Crippen MR) is 117 cm³/mol. The number of hydrogen-bond acceptors (Lipinski definition) is 4. The maximum atomic E-state index is 12.5. The van der Waals surface area contributed by atoms with Crippen molar-refractivity contribution in [3.63, 3.8) is 0 Å². The molecule has 1 aliphatic rings. The monoisotopic (exact) mass is 495 g/mol. The van der Waals surface area contributed by atoms with E-state index in [0.29, 0.717) is 6.54 Å². The van der Waals surface area contributed by atoms with Crippen LogP contribution in [0.1, 0.15) is 5.56 Å². The van der Waals surface area contributed by atoms with Crippen LogP contribution >= 0.6 is 31.9 Å².